The minimum Gasteiger partial charge on any atom is -0.382 e. The Hall–Kier alpha value is -3.93. The van der Waals surface area contributed by atoms with E-state index >= 15 is 0 Å². The number of tetrazole rings is 1. The minimum absolute atomic E-state index is 0.120. The number of H-pyrrole nitrogens is 1. The van der Waals surface area contributed by atoms with E-state index in [1.54, 1.807) is 13.2 Å². The topological polar surface area (TPSA) is 123 Å². The zero-order chi connectivity index (χ0) is 20.6. The van der Waals surface area contributed by atoms with E-state index in [0.29, 0.717) is 17.6 Å². The summed E-state index contributed by atoms with van der Waals surface area (Å²) in [5.41, 5.74) is 9.54. The first kappa shape index (κ1) is 18.4. The van der Waals surface area contributed by atoms with Crippen LogP contribution in [0.2, 0.25) is 0 Å². The Labute approximate surface area is 167 Å². The van der Waals surface area contributed by atoms with Crippen molar-refractivity contribution in [2.75, 3.05) is 11.1 Å². The molecule has 0 saturated carbocycles. The van der Waals surface area contributed by atoms with Gasteiger partial charge in [0, 0.05) is 17.0 Å². The quantitative estimate of drug-likeness (QED) is 0.462. The molecular weight excluding hydrogens is 366 g/mol. The van der Waals surface area contributed by atoms with Gasteiger partial charge in [0.05, 0.1) is 18.1 Å². The number of aryl methyl sites for hydroxylation is 1. The lowest BCUT2D eigenvalue weighted by molar-refractivity contribution is 0.571. The number of aromatic amines is 1. The molecule has 3 aromatic heterocycles. The number of aromatic nitrogens is 7. The first-order valence-electron chi connectivity index (χ1n) is 9.07. The van der Waals surface area contributed by atoms with Gasteiger partial charge in [-0.2, -0.15) is 9.90 Å². The minimum atomic E-state index is -0.120. The third-order valence-electron chi connectivity index (χ3n) is 4.12. The van der Waals surface area contributed by atoms with Crippen LogP contribution in [0.4, 0.5) is 17.6 Å². The summed E-state index contributed by atoms with van der Waals surface area (Å²) in [6, 6.07) is 7.86. The van der Waals surface area contributed by atoms with Crippen molar-refractivity contribution >= 4 is 28.5 Å². The number of fused-ring (bicyclic) bond motifs is 1. The maximum Gasteiger partial charge on any atom is 0.268 e. The number of benzene rings is 1. The fraction of sp³-hybridized carbons (Fsp3) is 0.250. The number of pyridine rings is 1. The average molecular weight is 387 g/mol. The number of nitrogens with two attached hydrogens (primary N) is 1. The van der Waals surface area contributed by atoms with E-state index in [1.807, 2.05) is 24.3 Å². The fourth-order valence-electron chi connectivity index (χ4n) is 2.79. The molecule has 0 aliphatic carbocycles. The molecule has 0 aliphatic heterocycles. The van der Waals surface area contributed by atoms with Gasteiger partial charge in [0.2, 0.25) is 0 Å². The van der Waals surface area contributed by atoms with Crippen LogP contribution in [0.25, 0.3) is 22.0 Å². The predicted molar refractivity (Wildman–Crippen MR) is 112 cm³/mol. The normalized spacial score (nSPS) is 11.3. The van der Waals surface area contributed by atoms with Gasteiger partial charge in [0.15, 0.2) is 5.82 Å². The lowest BCUT2D eigenvalue weighted by atomic mass is 9.96. The number of nitrogens with one attached hydrogen (secondary N) is 2. The zero-order valence-corrected chi connectivity index (χ0v) is 16.6. The molecule has 0 saturated heterocycles. The summed E-state index contributed by atoms with van der Waals surface area (Å²) in [5.74, 6) is 7.97. The molecule has 0 atom stereocenters. The molecule has 0 aliphatic rings. The number of hydrogen-bond donors (Lipinski definition) is 3. The highest BCUT2D eigenvalue weighted by Crippen LogP contribution is 2.30. The number of hydrogen-bond acceptors (Lipinski definition) is 7. The molecule has 0 bridgehead atoms. The molecule has 4 N–H and O–H groups in total. The molecule has 4 aromatic rings. The van der Waals surface area contributed by atoms with E-state index in [4.69, 9.17) is 5.73 Å². The van der Waals surface area contributed by atoms with E-state index in [0.717, 1.165) is 27.6 Å². The van der Waals surface area contributed by atoms with Gasteiger partial charge in [-0.05, 0) is 61.4 Å². The van der Waals surface area contributed by atoms with Crippen molar-refractivity contribution in [1.29, 1.82) is 0 Å². The van der Waals surface area contributed by atoms with Crippen LogP contribution in [0, 0.1) is 17.3 Å². The van der Waals surface area contributed by atoms with Crippen LogP contribution in [0.15, 0.2) is 30.5 Å². The summed E-state index contributed by atoms with van der Waals surface area (Å²) < 4.78 is 0. The Kier molecular flexibility index (Phi) is 4.39. The molecule has 9 heteroatoms. The number of anilines is 3. The van der Waals surface area contributed by atoms with E-state index < -0.39 is 0 Å². The van der Waals surface area contributed by atoms with Crippen molar-refractivity contribution in [3.63, 3.8) is 0 Å². The second-order valence-electron chi connectivity index (χ2n) is 7.71. The molecule has 0 fully saturated rings. The maximum atomic E-state index is 6.07. The van der Waals surface area contributed by atoms with Gasteiger partial charge >= 0.3 is 0 Å². The van der Waals surface area contributed by atoms with Crippen molar-refractivity contribution in [3.8, 4) is 23.0 Å². The molecular formula is C20H21N9. The van der Waals surface area contributed by atoms with Gasteiger partial charge in [-0.3, -0.25) is 5.10 Å². The Morgan fingerprint density at radius 2 is 2.00 bits per heavy atom. The van der Waals surface area contributed by atoms with Gasteiger partial charge in [-0.15, -0.1) is 5.10 Å². The fourth-order valence-corrected chi connectivity index (χ4v) is 2.79. The predicted octanol–water partition coefficient (Wildman–Crippen LogP) is 2.87. The van der Waals surface area contributed by atoms with Gasteiger partial charge in [-0.25, -0.2) is 4.98 Å². The molecule has 0 spiro atoms. The third-order valence-corrected chi connectivity index (χ3v) is 4.12. The van der Waals surface area contributed by atoms with Crippen molar-refractivity contribution in [2.45, 2.75) is 20.8 Å². The highest BCUT2D eigenvalue weighted by Gasteiger charge is 2.12. The summed E-state index contributed by atoms with van der Waals surface area (Å²) in [4.78, 5) is 5.71. The van der Waals surface area contributed by atoms with Gasteiger partial charge in [-0.1, -0.05) is 16.9 Å². The van der Waals surface area contributed by atoms with Crippen molar-refractivity contribution < 1.29 is 0 Å². The highest BCUT2D eigenvalue weighted by atomic mass is 15.6. The van der Waals surface area contributed by atoms with Crippen LogP contribution in [0.3, 0.4) is 0 Å². The zero-order valence-electron chi connectivity index (χ0n) is 16.6. The van der Waals surface area contributed by atoms with Gasteiger partial charge < -0.3 is 11.1 Å². The van der Waals surface area contributed by atoms with E-state index in [2.05, 4.69) is 68.5 Å². The molecule has 1 aromatic carbocycles. The largest absolute Gasteiger partial charge is 0.382 e. The molecule has 9 nitrogen and oxygen atoms in total. The summed E-state index contributed by atoms with van der Waals surface area (Å²) in [7, 11) is 1.70. The second kappa shape index (κ2) is 6.91. The SMILES string of the molecule is Cn1nnc(Nc2cc(-c3cc(C#CC(C)(C)C)c4[nH]nc(N)c4c3)ccn2)n1. The van der Waals surface area contributed by atoms with E-state index in [1.165, 1.54) is 4.80 Å². The smallest absolute Gasteiger partial charge is 0.268 e. The van der Waals surface area contributed by atoms with Crippen LogP contribution in [0.5, 0.6) is 0 Å². The monoisotopic (exact) mass is 387 g/mol. The molecule has 0 amide bonds. The Morgan fingerprint density at radius 1 is 1.17 bits per heavy atom. The number of rotatable bonds is 3. The van der Waals surface area contributed by atoms with Crippen molar-refractivity contribution in [3.05, 3.63) is 36.0 Å². The lowest BCUT2D eigenvalue weighted by Crippen LogP contribution is -1.99. The van der Waals surface area contributed by atoms with Gasteiger partial charge in [0.25, 0.3) is 5.95 Å². The second-order valence-corrected chi connectivity index (χ2v) is 7.71. The maximum absolute atomic E-state index is 6.07. The van der Waals surface area contributed by atoms with Crippen LogP contribution in [0.1, 0.15) is 26.3 Å². The molecule has 4 rings (SSSR count). The van der Waals surface area contributed by atoms with E-state index in [9.17, 15) is 0 Å². The average Bonchev–Trinajstić information content (AvgIpc) is 3.25. The van der Waals surface area contributed by atoms with Crippen LogP contribution in [-0.4, -0.2) is 35.4 Å². The number of nitrogens with zero attached hydrogens (tertiary/aromatic N) is 6. The Balaban J connectivity index is 1.78. The molecule has 0 unspecified atom stereocenters. The molecule has 29 heavy (non-hydrogen) atoms. The van der Waals surface area contributed by atoms with Crippen molar-refractivity contribution in [2.24, 2.45) is 12.5 Å². The first-order chi connectivity index (χ1) is 13.8. The Morgan fingerprint density at radius 3 is 2.72 bits per heavy atom. The molecule has 3 heterocycles. The van der Waals surface area contributed by atoms with Crippen molar-refractivity contribution in [1.82, 2.24) is 35.4 Å². The Bertz CT molecular complexity index is 1250. The first-order valence-corrected chi connectivity index (χ1v) is 9.07. The van der Waals surface area contributed by atoms with E-state index in [-0.39, 0.29) is 5.41 Å². The standard InChI is InChI=1S/C20H21N9/c1-20(2,3)7-5-13-9-14(10-15-17(13)24-25-18(15)21)12-6-8-22-16(11-12)23-19-26-28-29(4)27-19/h6,8-11H,1-4H3,(H3,21,24,25)(H,22,23,27). The third kappa shape index (κ3) is 4.01. The molecule has 146 valence electrons. The highest BCUT2D eigenvalue weighted by molar-refractivity contribution is 5.96. The number of nitrogen functional groups attached to an aromatic ring is 1. The summed E-state index contributed by atoms with van der Waals surface area (Å²) in [5, 5.41) is 22.9. The summed E-state index contributed by atoms with van der Waals surface area (Å²) >= 11 is 0. The van der Waals surface area contributed by atoms with Crippen LogP contribution in [-0.2, 0) is 7.05 Å². The summed E-state index contributed by atoms with van der Waals surface area (Å²) in [6.45, 7) is 6.22. The summed E-state index contributed by atoms with van der Waals surface area (Å²) in [6.07, 6.45) is 1.72. The molecule has 0 radical (unpaired) electrons. The van der Waals surface area contributed by atoms with Gasteiger partial charge in [0.1, 0.15) is 5.82 Å². The lowest BCUT2D eigenvalue weighted by Gasteiger charge is -2.09. The van der Waals surface area contributed by atoms with Crippen LogP contribution >= 0.6 is 0 Å². The van der Waals surface area contributed by atoms with Crippen LogP contribution < -0.4 is 11.1 Å².